The molecule has 1 aromatic heterocycles. The minimum absolute atomic E-state index is 0.135. The monoisotopic (exact) mass is 317 g/mol. The maximum Gasteiger partial charge on any atom is 0.407 e. The van der Waals surface area contributed by atoms with Crippen LogP contribution in [-0.2, 0) is 4.74 Å². The van der Waals surface area contributed by atoms with E-state index in [2.05, 4.69) is 20.6 Å². The molecule has 7 heteroatoms. The molecule has 2 heterocycles. The van der Waals surface area contributed by atoms with E-state index < -0.39 is 5.60 Å². The number of nitrogens with one attached hydrogen (secondary N) is 1. The van der Waals surface area contributed by atoms with Crippen molar-refractivity contribution in [3.63, 3.8) is 0 Å². The number of piperidine rings is 1. The first-order valence-corrected chi connectivity index (χ1v) is 7.97. The molecule has 0 spiro atoms. The van der Waals surface area contributed by atoms with Gasteiger partial charge in [-0.2, -0.15) is 4.79 Å². The highest BCUT2D eigenvalue weighted by molar-refractivity contribution is 5.74. The molecule has 0 radical (unpaired) electrons. The van der Waals surface area contributed by atoms with Gasteiger partial charge in [-0.25, -0.2) is 4.79 Å². The van der Waals surface area contributed by atoms with Gasteiger partial charge in [0, 0.05) is 19.1 Å². The molecule has 1 N–H and O–H groups in total. The van der Waals surface area contributed by atoms with Gasteiger partial charge in [0.05, 0.1) is 0 Å². The topological polar surface area (TPSA) is 72.3 Å². The number of nitrogens with zero attached hydrogens (tertiary/aromatic N) is 4. The van der Waals surface area contributed by atoms with Crippen molar-refractivity contribution in [2.24, 2.45) is 0 Å². The average molecular weight is 317 g/mol. The highest BCUT2D eigenvalue weighted by Crippen LogP contribution is 2.15. The van der Waals surface area contributed by atoms with Gasteiger partial charge >= 0.3 is 6.09 Å². The van der Waals surface area contributed by atoms with Crippen molar-refractivity contribution >= 4 is 17.1 Å². The number of carbonyl (C=O) groups is 1. The highest BCUT2D eigenvalue weighted by Gasteiger charge is 2.24. The predicted octanol–water partition coefficient (Wildman–Crippen LogP) is 2.06. The zero-order valence-electron chi connectivity index (χ0n) is 13.8. The van der Waals surface area contributed by atoms with E-state index in [1.807, 2.05) is 49.8 Å². The normalized spacial score (nSPS) is 16.6. The quantitative estimate of drug-likeness (QED) is 0.918. The third-order valence-corrected chi connectivity index (χ3v) is 3.79. The number of hydrogen-bond acceptors (Lipinski definition) is 5. The molecule has 1 aromatic carbocycles. The third-order valence-electron chi connectivity index (χ3n) is 3.79. The number of aromatic nitrogens is 3. The van der Waals surface area contributed by atoms with Crippen LogP contribution >= 0.6 is 0 Å². The van der Waals surface area contributed by atoms with E-state index in [1.165, 1.54) is 0 Å². The van der Waals surface area contributed by atoms with Gasteiger partial charge in [0.25, 0.3) is 0 Å². The summed E-state index contributed by atoms with van der Waals surface area (Å²) in [6.07, 6.45) is 1.36. The minimum Gasteiger partial charge on any atom is -0.444 e. The summed E-state index contributed by atoms with van der Waals surface area (Å²) in [7, 11) is 0. The molecule has 2 aromatic rings. The number of hydrogen-bond donors (Lipinski definition) is 1. The molecule has 0 aliphatic carbocycles. The van der Waals surface area contributed by atoms with Crippen LogP contribution in [0.1, 0.15) is 33.6 Å². The van der Waals surface area contributed by atoms with E-state index in [1.54, 1.807) is 0 Å². The van der Waals surface area contributed by atoms with Gasteiger partial charge in [-0.05, 0) is 51.0 Å². The largest absolute Gasteiger partial charge is 0.444 e. The Morgan fingerprint density at radius 1 is 1.26 bits per heavy atom. The van der Waals surface area contributed by atoms with Crippen LogP contribution < -0.4 is 10.3 Å². The molecule has 0 bridgehead atoms. The van der Waals surface area contributed by atoms with Crippen LogP contribution in [0.5, 0.6) is 0 Å². The predicted molar refractivity (Wildman–Crippen MR) is 87.9 cm³/mol. The van der Waals surface area contributed by atoms with Crippen LogP contribution in [0.3, 0.4) is 0 Å². The molecule has 1 fully saturated rings. The number of amides is 1. The highest BCUT2D eigenvalue weighted by atomic mass is 16.6. The lowest BCUT2D eigenvalue weighted by Crippen LogP contribution is -2.49. The lowest BCUT2D eigenvalue weighted by molar-refractivity contribution is 0.0495. The first-order valence-electron chi connectivity index (χ1n) is 7.97. The molecule has 23 heavy (non-hydrogen) atoms. The fourth-order valence-corrected chi connectivity index (χ4v) is 2.74. The summed E-state index contributed by atoms with van der Waals surface area (Å²) in [6.45, 7) is 7.22. The Labute approximate surface area is 135 Å². The molecule has 124 valence electrons. The second-order valence-electron chi connectivity index (χ2n) is 6.84. The van der Waals surface area contributed by atoms with Crippen LogP contribution in [0, 0.1) is 0 Å². The van der Waals surface area contributed by atoms with Crippen LogP contribution in [0.15, 0.2) is 24.3 Å². The number of ether oxygens (including phenoxy) is 1. The van der Waals surface area contributed by atoms with Crippen LogP contribution in [0.25, 0.3) is 11.0 Å². The van der Waals surface area contributed by atoms with E-state index in [-0.39, 0.29) is 12.1 Å². The van der Waals surface area contributed by atoms with Gasteiger partial charge < -0.3 is 10.1 Å². The zero-order chi connectivity index (χ0) is 16.4. The summed E-state index contributed by atoms with van der Waals surface area (Å²) >= 11 is 0. The smallest absolute Gasteiger partial charge is 0.407 e. The van der Waals surface area contributed by atoms with Crippen molar-refractivity contribution in [2.75, 3.05) is 18.1 Å². The minimum atomic E-state index is -0.468. The Balaban J connectivity index is 1.57. The second-order valence-corrected chi connectivity index (χ2v) is 6.84. The van der Waals surface area contributed by atoms with Crippen molar-refractivity contribution in [1.82, 2.24) is 20.4 Å². The zero-order valence-corrected chi connectivity index (χ0v) is 13.8. The Morgan fingerprint density at radius 3 is 2.65 bits per heavy atom. The summed E-state index contributed by atoms with van der Waals surface area (Å²) in [5.74, 6) is 0. The van der Waals surface area contributed by atoms with Crippen LogP contribution in [0.2, 0.25) is 0 Å². The summed E-state index contributed by atoms with van der Waals surface area (Å²) < 4.78 is 5.31. The number of rotatable bonds is 2. The van der Waals surface area contributed by atoms with Gasteiger partial charge in [0.2, 0.25) is 0 Å². The van der Waals surface area contributed by atoms with Gasteiger partial charge in [-0.1, -0.05) is 12.1 Å². The van der Waals surface area contributed by atoms with E-state index in [0.29, 0.717) is 0 Å². The molecule has 0 unspecified atom stereocenters. The van der Waals surface area contributed by atoms with E-state index in [0.717, 1.165) is 37.0 Å². The number of fused-ring (bicyclic) bond motifs is 1. The standard InChI is InChI=1S/C16H23N5O2/c1-16(2,3)23-15(22)17-12-8-10-20(11-9-12)21-14-7-5-4-6-13(14)18-19-21/h4-7,12H,8-11H2,1-3H3,(H,17,22). The molecule has 3 rings (SSSR count). The molecule has 1 amide bonds. The Hall–Kier alpha value is -2.31. The van der Waals surface area contributed by atoms with Crippen molar-refractivity contribution in [2.45, 2.75) is 45.3 Å². The third kappa shape index (κ3) is 3.72. The number of alkyl carbamates (subject to hydrolysis) is 1. The molecular formula is C16H23N5O2. The first-order chi connectivity index (χ1) is 10.9. The number of carbonyl (C=O) groups excluding carboxylic acids is 1. The van der Waals surface area contributed by atoms with Gasteiger partial charge in [0.15, 0.2) is 0 Å². The van der Waals surface area contributed by atoms with E-state index in [9.17, 15) is 4.79 Å². The Kier molecular flexibility index (Phi) is 4.11. The molecule has 1 aliphatic heterocycles. The molecule has 0 saturated carbocycles. The maximum absolute atomic E-state index is 11.8. The molecular weight excluding hydrogens is 294 g/mol. The van der Waals surface area contributed by atoms with Crippen molar-refractivity contribution in [1.29, 1.82) is 0 Å². The maximum atomic E-state index is 11.8. The van der Waals surface area contributed by atoms with Gasteiger partial charge in [0.1, 0.15) is 16.6 Å². The number of benzene rings is 1. The first kappa shape index (κ1) is 15.6. The summed E-state index contributed by atoms with van der Waals surface area (Å²) in [6, 6.07) is 8.05. The van der Waals surface area contributed by atoms with Crippen molar-refractivity contribution in [3.05, 3.63) is 24.3 Å². The van der Waals surface area contributed by atoms with Crippen molar-refractivity contribution < 1.29 is 9.53 Å². The lowest BCUT2D eigenvalue weighted by Gasteiger charge is -2.33. The number of para-hydroxylation sites is 1. The second kappa shape index (κ2) is 6.06. The van der Waals surface area contributed by atoms with Gasteiger partial charge in [-0.15, -0.1) is 5.10 Å². The van der Waals surface area contributed by atoms with Crippen LogP contribution in [0.4, 0.5) is 4.79 Å². The average Bonchev–Trinajstić information content (AvgIpc) is 2.90. The summed E-state index contributed by atoms with van der Waals surface area (Å²) in [4.78, 5) is 13.7. The summed E-state index contributed by atoms with van der Waals surface area (Å²) in [5.41, 5.74) is 1.43. The molecule has 1 aliphatic rings. The SMILES string of the molecule is CC(C)(C)OC(=O)NC1CCN(n2nnc3ccccc32)CC1. The fraction of sp³-hybridized carbons (Fsp3) is 0.562. The van der Waals surface area contributed by atoms with Crippen molar-refractivity contribution in [3.8, 4) is 0 Å². The Bertz CT molecular complexity index is 683. The van der Waals surface area contributed by atoms with E-state index in [4.69, 9.17) is 4.74 Å². The van der Waals surface area contributed by atoms with Gasteiger partial charge in [-0.3, -0.25) is 5.01 Å². The van der Waals surface area contributed by atoms with E-state index >= 15 is 0 Å². The Morgan fingerprint density at radius 2 is 1.96 bits per heavy atom. The lowest BCUT2D eigenvalue weighted by atomic mass is 10.1. The molecule has 0 atom stereocenters. The molecule has 1 saturated heterocycles. The molecule has 7 nitrogen and oxygen atoms in total. The summed E-state index contributed by atoms with van der Waals surface area (Å²) in [5, 5.41) is 13.5. The fourth-order valence-electron chi connectivity index (χ4n) is 2.74. The van der Waals surface area contributed by atoms with Crippen LogP contribution in [-0.4, -0.2) is 45.9 Å².